The van der Waals surface area contributed by atoms with Crippen LogP contribution >= 0.6 is 15.9 Å². The molecule has 1 rings (SSSR count). The summed E-state index contributed by atoms with van der Waals surface area (Å²) in [5, 5.41) is 8.85. The molecule has 0 aliphatic heterocycles. The van der Waals surface area contributed by atoms with Crippen LogP contribution in [0.15, 0.2) is 21.8 Å². The number of aliphatic carboxylic acids is 1. The molecule has 1 aromatic rings. The van der Waals surface area contributed by atoms with Crippen LogP contribution < -0.4 is 5.56 Å². The fraction of sp³-hybridized carbons (Fsp3) is 0.375. The number of carboxylic acids is 1. The van der Waals surface area contributed by atoms with Crippen molar-refractivity contribution in [3.8, 4) is 0 Å². The number of hydrogen-bond acceptors (Lipinski definition) is 3. The fourth-order valence-electron chi connectivity index (χ4n) is 1.14. The lowest BCUT2D eigenvalue weighted by Gasteiger charge is -2.12. The van der Waals surface area contributed by atoms with Crippen molar-refractivity contribution >= 4 is 21.9 Å². The summed E-state index contributed by atoms with van der Waals surface area (Å²) in [7, 11) is 0. The van der Waals surface area contributed by atoms with E-state index < -0.39 is 17.6 Å². The minimum absolute atomic E-state index is 0.125. The van der Waals surface area contributed by atoms with Crippen molar-refractivity contribution in [2.45, 2.75) is 19.4 Å². The van der Waals surface area contributed by atoms with Gasteiger partial charge in [0.1, 0.15) is 6.04 Å². The summed E-state index contributed by atoms with van der Waals surface area (Å²) >= 11 is 2.96. The first-order valence-corrected chi connectivity index (χ1v) is 4.82. The highest BCUT2D eigenvalue weighted by molar-refractivity contribution is 9.10. The van der Waals surface area contributed by atoms with E-state index in [1.54, 1.807) is 6.92 Å². The number of hydrogen-bond donors (Lipinski definition) is 1. The highest BCUT2D eigenvalue weighted by Gasteiger charge is 2.18. The van der Waals surface area contributed by atoms with E-state index in [1.165, 1.54) is 12.4 Å². The van der Waals surface area contributed by atoms with E-state index in [2.05, 4.69) is 20.9 Å². The topological polar surface area (TPSA) is 72.2 Å². The number of rotatable bonds is 3. The smallest absolute Gasteiger partial charge is 0.326 e. The first kappa shape index (κ1) is 10.9. The molecule has 5 nitrogen and oxygen atoms in total. The van der Waals surface area contributed by atoms with E-state index in [0.29, 0.717) is 6.42 Å². The van der Waals surface area contributed by atoms with Crippen molar-refractivity contribution in [1.82, 2.24) is 9.55 Å². The average molecular weight is 261 g/mol. The Labute approximate surface area is 88.5 Å². The largest absolute Gasteiger partial charge is 0.480 e. The first-order chi connectivity index (χ1) is 6.57. The summed E-state index contributed by atoms with van der Waals surface area (Å²) in [5.74, 6) is -1.02. The summed E-state index contributed by atoms with van der Waals surface area (Å²) in [6, 6.07) is -0.832. The lowest BCUT2D eigenvalue weighted by molar-refractivity contribution is -0.141. The second-order valence-electron chi connectivity index (χ2n) is 2.69. The maximum Gasteiger partial charge on any atom is 0.326 e. The fourth-order valence-corrected chi connectivity index (χ4v) is 1.46. The van der Waals surface area contributed by atoms with Gasteiger partial charge in [0.25, 0.3) is 5.56 Å². The Morgan fingerprint density at radius 3 is 2.93 bits per heavy atom. The third-order valence-electron chi connectivity index (χ3n) is 1.83. The van der Waals surface area contributed by atoms with Crippen molar-refractivity contribution in [2.24, 2.45) is 0 Å². The molecule has 0 fully saturated rings. The van der Waals surface area contributed by atoms with Crippen molar-refractivity contribution in [3.63, 3.8) is 0 Å². The van der Waals surface area contributed by atoms with Gasteiger partial charge in [-0.1, -0.05) is 6.92 Å². The van der Waals surface area contributed by atoms with Crippen molar-refractivity contribution in [1.29, 1.82) is 0 Å². The normalized spacial score (nSPS) is 12.4. The summed E-state index contributed by atoms with van der Waals surface area (Å²) < 4.78 is 1.28. The van der Waals surface area contributed by atoms with Crippen molar-refractivity contribution < 1.29 is 9.90 Å². The molecule has 1 heterocycles. The van der Waals surface area contributed by atoms with Gasteiger partial charge in [0.05, 0.1) is 0 Å². The van der Waals surface area contributed by atoms with Gasteiger partial charge in [-0.3, -0.25) is 9.36 Å². The average Bonchev–Trinajstić information content (AvgIpc) is 2.13. The van der Waals surface area contributed by atoms with Gasteiger partial charge < -0.3 is 5.11 Å². The Kier molecular flexibility index (Phi) is 3.40. The van der Waals surface area contributed by atoms with Gasteiger partial charge in [0.2, 0.25) is 0 Å². The molecule has 1 N–H and O–H groups in total. The molecule has 1 aromatic heterocycles. The summed E-state index contributed by atoms with van der Waals surface area (Å²) in [6.07, 6.45) is 3.11. The van der Waals surface area contributed by atoms with Gasteiger partial charge in [-0.15, -0.1) is 0 Å². The number of carbonyl (C=O) groups is 1. The quantitative estimate of drug-likeness (QED) is 0.882. The molecule has 14 heavy (non-hydrogen) atoms. The van der Waals surface area contributed by atoms with Crippen LogP contribution in [0.1, 0.15) is 19.4 Å². The standard InChI is InChI=1S/C8H9BrN2O3/c1-2-5(8(13)14)11-4-3-10-6(9)7(11)12/h3-5H,2H2,1H3,(H,13,14)/t5-/m0/s1. The molecule has 0 saturated heterocycles. The number of aromatic nitrogens is 2. The number of halogens is 1. The van der Waals surface area contributed by atoms with Crippen LogP contribution in [-0.2, 0) is 4.79 Å². The zero-order chi connectivity index (χ0) is 10.7. The van der Waals surface area contributed by atoms with Crippen molar-refractivity contribution in [2.75, 3.05) is 0 Å². The minimum atomic E-state index is -1.02. The molecule has 6 heteroatoms. The second kappa shape index (κ2) is 4.36. The molecule has 76 valence electrons. The van der Waals surface area contributed by atoms with Gasteiger partial charge >= 0.3 is 5.97 Å². The van der Waals surface area contributed by atoms with Crippen LogP contribution in [0.3, 0.4) is 0 Å². The summed E-state index contributed by atoms with van der Waals surface area (Å²) in [6.45, 7) is 1.71. The monoisotopic (exact) mass is 260 g/mol. The zero-order valence-corrected chi connectivity index (χ0v) is 9.06. The second-order valence-corrected chi connectivity index (χ2v) is 3.44. The third kappa shape index (κ3) is 2.01. The predicted molar refractivity (Wildman–Crippen MR) is 53.2 cm³/mol. The molecular formula is C8H9BrN2O3. The molecule has 0 bridgehead atoms. The minimum Gasteiger partial charge on any atom is -0.480 e. The van der Waals surface area contributed by atoms with E-state index in [4.69, 9.17) is 5.11 Å². The summed E-state index contributed by atoms with van der Waals surface area (Å²) in [5.41, 5.74) is -0.429. The molecular weight excluding hydrogens is 252 g/mol. The van der Waals surface area contributed by atoms with Gasteiger partial charge in [-0.2, -0.15) is 0 Å². The van der Waals surface area contributed by atoms with Crippen LogP contribution in [0.2, 0.25) is 0 Å². The number of nitrogens with zero attached hydrogens (tertiary/aromatic N) is 2. The zero-order valence-electron chi connectivity index (χ0n) is 7.48. The highest BCUT2D eigenvalue weighted by Crippen LogP contribution is 2.09. The molecule has 0 aliphatic carbocycles. The molecule has 0 aromatic carbocycles. The van der Waals surface area contributed by atoms with Crippen LogP contribution in [0.4, 0.5) is 0 Å². The Morgan fingerprint density at radius 2 is 2.43 bits per heavy atom. The lowest BCUT2D eigenvalue weighted by Crippen LogP contribution is -2.29. The maximum atomic E-state index is 11.5. The van der Waals surface area contributed by atoms with Crippen LogP contribution in [0.5, 0.6) is 0 Å². The third-order valence-corrected chi connectivity index (χ3v) is 2.38. The Bertz CT molecular complexity index is 402. The van der Waals surface area contributed by atoms with E-state index >= 15 is 0 Å². The molecule has 0 spiro atoms. The van der Waals surface area contributed by atoms with E-state index in [0.717, 1.165) is 4.57 Å². The van der Waals surface area contributed by atoms with E-state index in [1.807, 2.05) is 0 Å². The Hall–Kier alpha value is -1.17. The lowest BCUT2D eigenvalue weighted by atomic mass is 10.2. The number of carboxylic acid groups (broad SMARTS) is 1. The van der Waals surface area contributed by atoms with Crippen molar-refractivity contribution in [3.05, 3.63) is 27.4 Å². The van der Waals surface area contributed by atoms with Gasteiger partial charge in [0, 0.05) is 12.4 Å². The SMILES string of the molecule is CC[C@@H](C(=O)O)n1ccnc(Br)c1=O. The van der Waals surface area contributed by atoms with Gasteiger partial charge in [-0.05, 0) is 22.4 Å². The van der Waals surface area contributed by atoms with Gasteiger partial charge in [-0.25, -0.2) is 9.78 Å². The molecule has 0 aliphatic rings. The van der Waals surface area contributed by atoms with Crippen LogP contribution in [0, 0.1) is 0 Å². The maximum absolute atomic E-state index is 11.5. The highest BCUT2D eigenvalue weighted by atomic mass is 79.9. The van der Waals surface area contributed by atoms with Crippen LogP contribution in [-0.4, -0.2) is 20.6 Å². The van der Waals surface area contributed by atoms with Gasteiger partial charge in [0.15, 0.2) is 4.60 Å². The molecule has 0 radical (unpaired) electrons. The molecule has 0 unspecified atom stereocenters. The predicted octanol–water partition coefficient (Wildman–Crippen LogP) is 1.04. The Morgan fingerprint density at radius 1 is 1.79 bits per heavy atom. The van der Waals surface area contributed by atoms with E-state index in [9.17, 15) is 9.59 Å². The summed E-state index contributed by atoms with van der Waals surface area (Å²) in [4.78, 5) is 26.0. The molecule has 0 saturated carbocycles. The molecule has 0 amide bonds. The molecule has 1 atom stereocenters. The van der Waals surface area contributed by atoms with Crippen LogP contribution in [0.25, 0.3) is 0 Å². The first-order valence-electron chi connectivity index (χ1n) is 4.03. The Balaban J connectivity index is 3.24. The van der Waals surface area contributed by atoms with E-state index in [-0.39, 0.29) is 4.60 Å².